The van der Waals surface area contributed by atoms with Crippen LogP contribution in [-0.4, -0.2) is 15.1 Å². The van der Waals surface area contributed by atoms with Crippen LogP contribution in [0, 0.1) is 21.8 Å². The number of nitrogen functional groups attached to an aromatic ring is 1. The molecule has 3 N–H and O–H groups in total. The Balaban J connectivity index is 2.60. The van der Waals surface area contributed by atoms with Gasteiger partial charge < -0.3 is 5.73 Å². The number of aromatic nitrogens is 2. The first-order chi connectivity index (χ1) is 9.40. The standard InChI is InChI=1S/C13H15FN4O2/c1-7(2)5-10-12(16-17-13(10)15)9-4-3-8(14)6-11(9)18(19)20/h3-4,6-7H,5H2,1-2H3,(H3,15,16,17). The summed E-state index contributed by atoms with van der Waals surface area (Å²) < 4.78 is 13.2. The molecule has 1 heterocycles. The lowest BCUT2D eigenvalue weighted by atomic mass is 9.98. The largest absolute Gasteiger partial charge is 0.382 e. The minimum Gasteiger partial charge on any atom is -0.382 e. The van der Waals surface area contributed by atoms with Crippen LogP contribution in [0.15, 0.2) is 18.2 Å². The van der Waals surface area contributed by atoms with Crippen molar-refractivity contribution in [2.75, 3.05) is 5.73 Å². The van der Waals surface area contributed by atoms with Crippen LogP contribution in [0.4, 0.5) is 15.9 Å². The fourth-order valence-electron chi connectivity index (χ4n) is 2.08. The quantitative estimate of drug-likeness (QED) is 0.663. The van der Waals surface area contributed by atoms with Gasteiger partial charge in [0.05, 0.1) is 22.2 Å². The smallest absolute Gasteiger partial charge is 0.281 e. The lowest BCUT2D eigenvalue weighted by Crippen LogP contribution is -2.00. The van der Waals surface area contributed by atoms with Gasteiger partial charge >= 0.3 is 0 Å². The monoisotopic (exact) mass is 278 g/mol. The number of benzene rings is 1. The van der Waals surface area contributed by atoms with Gasteiger partial charge in [0.1, 0.15) is 11.6 Å². The molecule has 0 saturated carbocycles. The maximum absolute atomic E-state index is 13.2. The normalized spacial score (nSPS) is 11.0. The molecule has 1 aromatic heterocycles. The minimum atomic E-state index is -0.654. The van der Waals surface area contributed by atoms with Crippen molar-refractivity contribution in [3.63, 3.8) is 0 Å². The first kappa shape index (κ1) is 14.0. The Morgan fingerprint density at radius 3 is 2.80 bits per heavy atom. The number of hydrogen-bond acceptors (Lipinski definition) is 4. The van der Waals surface area contributed by atoms with Crippen LogP contribution in [0.25, 0.3) is 11.3 Å². The highest BCUT2D eigenvalue weighted by Gasteiger charge is 2.22. The number of hydrogen-bond donors (Lipinski definition) is 2. The van der Waals surface area contributed by atoms with E-state index in [1.54, 1.807) is 0 Å². The first-order valence-corrected chi connectivity index (χ1v) is 6.17. The highest BCUT2D eigenvalue weighted by Crippen LogP contribution is 2.34. The number of rotatable bonds is 4. The molecule has 2 rings (SSSR count). The number of nitrogens with two attached hydrogens (primary N) is 1. The molecule has 0 radical (unpaired) electrons. The maximum Gasteiger partial charge on any atom is 0.281 e. The van der Waals surface area contributed by atoms with Crippen molar-refractivity contribution in [1.29, 1.82) is 0 Å². The van der Waals surface area contributed by atoms with Crippen LogP contribution < -0.4 is 5.73 Å². The van der Waals surface area contributed by atoms with Crippen molar-refractivity contribution in [2.45, 2.75) is 20.3 Å². The van der Waals surface area contributed by atoms with E-state index in [0.29, 0.717) is 23.9 Å². The first-order valence-electron chi connectivity index (χ1n) is 6.17. The molecule has 0 fully saturated rings. The summed E-state index contributed by atoms with van der Waals surface area (Å²) in [5.41, 5.74) is 6.97. The van der Waals surface area contributed by atoms with E-state index in [4.69, 9.17) is 5.73 Å². The van der Waals surface area contributed by atoms with Crippen molar-refractivity contribution in [1.82, 2.24) is 10.2 Å². The van der Waals surface area contributed by atoms with Crippen LogP contribution in [-0.2, 0) is 6.42 Å². The van der Waals surface area contributed by atoms with Crippen LogP contribution in [0.5, 0.6) is 0 Å². The zero-order chi connectivity index (χ0) is 14.9. The SMILES string of the molecule is CC(C)Cc1c(N)n[nH]c1-c1ccc(F)cc1[N+](=O)[O-]. The maximum atomic E-state index is 13.2. The van der Waals surface area contributed by atoms with Gasteiger partial charge in [0.2, 0.25) is 0 Å². The van der Waals surface area contributed by atoms with E-state index in [9.17, 15) is 14.5 Å². The summed E-state index contributed by atoms with van der Waals surface area (Å²) in [7, 11) is 0. The van der Waals surface area contributed by atoms with Crippen molar-refractivity contribution >= 4 is 11.5 Å². The fourth-order valence-corrected chi connectivity index (χ4v) is 2.08. The van der Waals surface area contributed by atoms with Crippen molar-refractivity contribution < 1.29 is 9.31 Å². The van der Waals surface area contributed by atoms with E-state index in [1.807, 2.05) is 13.8 Å². The van der Waals surface area contributed by atoms with Gasteiger partial charge in [0.25, 0.3) is 5.69 Å². The average molecular weight is 278 g/mol. The molecule has 6 nitrogen and oxygen atoms in total. The number of nitrogens with one attached hydrogen (secondary N) is 1. The van der Waals surface area contributed by atoms with E-state index < -0.39 is 10.7 Å². The lowest BCUT2D eigenvalue weighted by molar-refractivity contribution is -0.384. The molecule has 0 atom stereocenters. The van der Waals surface area contributed by atoms with Gasteiger partial charge in [-0.05, 0) is 24.5 Å². The van der Waals surface area contributed by atoms with Gasteiger partial charge in [-0.2, -0.15) is 5.10 Å². The highest BCUT2D eigenvalue weighted by molar-refractivity contribution is 5.75. The van der Waals surface area contributed by atoms with Crippen LogP contribution in [0.3, 0.4) is 0 Å². The summed E-state index contributed by atoms with van der Waals surface area (Å²) in [5.74, 6) is -0.0289. The number of nitro benzene ring substituents is 1. The number of anilines is 1. The zero-order valence-corrected chi connectivity index (χ0v) is 11.2. The summed E-state index contributed by atoms with van der Waals surface area (Å²) in [6.07, 6.45) is 0.631. The Morgan fingerprint density at radius 2 is 2.20 bits per heavy atom. The number of nitro groups is 1. The third-order valence-electron chi connectivity index (χ3n) is 2.94. The average Bonchev–Trinajstić information content (AvgIpc) is 2.70. The number of halogens is 1. The van der Waals surface area contributed by atoms with Crippen LogP contribution in [0.2, 0.25) is 0 Å². The van der Waals surface area contributed by atoms with Gasteiger partial charge in [-0.25, -0.2) is 4.39 Å². The Labute approximate surface area is 115 Å². The zero-order valence-electron chi connectivity index (χ0n) is 11.2. The minimum absolute atomic E-state index is 0.288. The molecule has 0 amide bonds. The summed E-state index contributed by atoms with van der Waals surface area (Å²) in [6, 6.07) is 3.44. The molecular formula is C13H15FN4O2. The number of aromatic amines is 1. The van der Waals surface area contributed by atoms with Crippen molar-refractivity contribution in [3.05, 3.63) is 39.7 Å². The fraction of sp³-hybridized carbons (Fsp3) is 0.308. The van der Waals surface area contributed by atoms with E-state index in [1.165, 1.54) is 12.1 Å². The molecule has 0 aliphatic carbocycles. The predicted octanol–water partition coefficient (Wildman–Crippen LogP) is 2.90. The van der Waals surface area contributed by atoms with Crippen LogP contribution >= 0.6 is 0 Å². The number of H-pyrrole nitrogens is 1. The molecular weight excluding hydrogens is 263 g/mol. The number of nitrogens with zero attached hydrogens (tertiary/aromatic N) is 2. The second-order valence-electron chi connectivity index (χ2n) is 4.98. The third-order valence-corrected chi connectivity index (χ3v) is 2.94. The Kier molecular flexibility index (Phi) is 3.69. The predicted molar refractivity (Wildman–Crippen MR) is 73.6 cm³/mol. The molecule has 0 aliphatic heterocycles. The molecule has 1 aromatic carbocycles. The summed E-state index contributed by atoms with van der Waals surface area (Å²) in [6.45, 7) is 4.02. The summed E-state index contributed by atoms with van der Waals surface area (Å²) >= 11 is 0. The van der Waals surface area contributed by atoms with E-state index in [-0.39, 0.29) is 11.3 Å². The highest BCUT2D eigenvalue weighted by atomic mass is 19.1. The van der Waals surface area contributed by atoms with Gasteiger partial charge in [-0.3, -0.25) is 15.2 Å². The molecule has 7 heteroatoms. The molecule has 106 valence electrons. The van der Waals surface area contributed by atoms with Crippen molar-refractivity contribution in [2.24, 2.45) is 5.92 Å². The van der Waals surface area contributed by atoms with Gasteiger partial charge in [-0.1, -0.05) is 13.8 Å². The second kappa shape index (κ2) is 5.28. The van der Waals surface area contributed by atoms with Crippen molar-refractivity contribution in [3.8, 4) is 11.3 Å². The Hall–Kier alpha value is -2.44. The van der Waals surface area contributed by atoms with Gasteiger partial charge in [0, 0.05) is 5.56 Å². The molecule has 0 bridgehead atoms. The molecule has 0 aliphatic rings. The topological polar surface area (TPSA) is 97.8 Å². The van der Waals surface area contributed by atoms with Crippen LogP contribution in [0.1, 0.15) is 19.4 Å². The van der Waals surface area contributed by atoms with E-state index in [2.05, 4.69) is 10.2 Å². The molecule has 2 aromatic rings. The summed E-state index contributed by atoms with van der Waals surface area (Å²) in [5, 5.41) is 17.7. The summed E-state index contributed by atoms with van der Waals surface area (Å²) in [4.78, 5) is 10.4. The Morgan fingerprint density at radius 1 is 1.50 bits per heavy atom. The van der Waals surface area contributed by atoms with E-state index in [0.717, 1.165) is 11.6 Å². The third kappa shape index (κ3) is 2.61. The molecule has 0 saturated heterocycles. The second-order valence-corrected chi connectivity index (χ2v) is 4.98. The van der Waals surface area contributed by atoms with E-state index >= 15 is 0 Å². The lowest BCUT2D eigenvalue weighted by Gasteiger charge is -2.07. The molecule has 0 unspecified atom stereocenters. The van der Waals surface area contributed by atoms with Gasteiger partial charge in [-0.15, -0.1) is 0 Å². The Bertz CT molecular complexity index is 652. The molecule has 0 spiro atoms. The van der Waals surface area contributed by atoms with Gasteiger partial charge in [0.15, 0.2) is 0 Å². The molecule has 20 heavy (non-hydrogen) atoms.